The summed E-state index contributed by atoms with van der Waals surface area (Å²) >= 11 is 4.02. The lowest BCUT2D eigenvalue weighted by atomic mass is 10.1. The third-order valence-electron chi connectivity index (χ3n) is 3.32. The molecule has 1 N–H and O–H groups in total. The molecule has 3 aromatic rings. The van der Waals surface area contributed by atoms with Gasteiger partial charge in [-0.05, 0) is 18.2 Å². The topological polar surface area (TPSA) is 55.1 Å². The molecule has 0 unspecified atom stereocenters. The molecule has 1 heterocycles. The Hall–Kier alpha value is -2.79. The van der Waals surface area contributed by atoms with Gasteiger partial charge in [0.15, 0.2) is 0 Å². The quantitative estimate of drug-likeness (QED) is 0.566. The van der Waals surface area contributed by atoms with Crippen LogP contribution in [0.5, 0.6) is 0 Å². The number of benzene rings is 2. The van der Waals surface area contributed by atoms with Crippen molar-refractivity contribution in [2.24, 2.45) is 0 Å². The maximum Gasteiger partial charge on any atom is 0.341 e. The lowest BCUT2D eigenvalue weighted by Gasteiger charge is -2.00. The van der Waals surface area contributed by atoms with Crippen LogP contribution in [-0.4, -0.2) is 20.9 Å². The highest BCUT2D eigenvalue weighted by Gasteiger charge is 2.12. The molecule has 5 heteroatoms. The van der Waals surface area contributed by atoms with Crippen LogP contribution < -0.4 is 0 Å². The Morgan fingerprint density at radius 3 is 2.26 bits per heavy atom. The second-order valence-electron chi connectivity index (χ2n) is 4.91. The zero-order chi connectivity index (χ0) is 16.2. The summed E-state index contributed by atoms with van der Waals surface area (Å²) in [5, 5.41) is 13.7. The molecule has 0 spiro atoms. The fraction of sp³-hybridized carbons (Fsp3) is 0. The number of para-hydroxylation sites is 1. The standard InChI is InChI=1S/C18H14N2O2S/c21-18(22)16(23)11-14-12-20(15-9-5-2-6-10-15)19-17(14)13-7-3-1-4-8-13/h1-12,23H,(H,21,22)/b16-11-. The molecule has 0 bridgehead atoms. The van der Waals surface area contributed by atoms with E-state index in [-0.39, 0.29) is 4.91 Å². The van der Waals surface area contributed by atoms with Gasteiger partial charge in [-0.25, -0.2) is 9.48 Å². The van der Waals surface area contributed by atoms with Gasteiger partial charge in [0.05, 0.1) is 16.3 Å². The lowest BCUT2D eigenvalue weighted by molar-refractivity contribution is -0.131. The molecule has 0 fully saturated rings. The molecule has 4 nitrogen and oxygen atoms in total. The molecule has 0 aliphatic heterocycles. The van der Waals surface area contributed by atoms with Gasteiger partial charge in [0.1, 0.15) is 0 Å². The monoisotopic (exact) mass is 322 g/mol. The normalized spacial score (nSPS) is 11.4. The van der Waals surface area contributed by atoms with Crippen molar-refractivity contribution in [1.29, 1.82) is 0 Å². The van der Waals surface area contributed by atoms with Crippen LogP contribution in [0.1, 0.15) is 5.56 Å². The average Bonchev–Trinajstić information content (AvgIpc) is 3.00. The fourth-order valence-electron chi connectivity index (χ4n) is 2.24. The highest BCUT2D eigenvalue weighted by atomic mass is 32.1. The molecule has 114 valence electrons. The highest BCUT2D eigenvalue weighted by molar-refractivity contribution is 7.85. The van der Waals surface area contributed by atoms with Crippen molar-refractivity contribution in [2.75, 3.05) is 0 Å². The van der Waals surface area contributed by atoms with E-state index in [0.29, 0.717) is 11.3 Å². The molecule has 0 aliphatic carbocycles. The van der Waals surface area contributed by atoms with Crippen molar-refractivity contribution in [1.82, 2.24) is 9.78 Å². The lowest BCUT2D eigenvalue weighted by Crippen LogP contribution is -1.93. The van der Waals surface area contributed by atoms with E-state index in [4.69, 9.17) is 5.11 Å². The van der Waals surface area contributed by atoms with Crippen molar-refractivity contribution in [3.8, 4) is 16.9 Å². The minimum absolute atomic E-state index is 0.0326. The Morgan fingerprint density at radius 2 is 1.65 bits per heavy atom. The summed E-state index contributed by atoms with van der Waals surface area (Å²) in [4.78, 5) is 11.0. The molecule has 3 rings (SSSR count). The number of hydrogen-bond acceptors (Lipinski definition) is 3. The SMILES string of the molecule is O=C(O)/C(S)=C/c1cn(-c2ccccc2)nc1-c1ccccc1. The van der Waals surface area contributed by atoms with Gasteiger partial charge in [0.2, 0.25) is 0 Å². The van der Waals surface area contributed by atoms with Gasteiger partial charge in [-0.2, -0.15) is 5.10 Å². The van der Waals surface area contributed by atoms with Crippen molar-refractivity contribution in [2.45, 2.75) is 0 Å². The minimum Gasteiger partial charge on any atom is -0.477 e. The molecular weight excluding hydrogens is 308 g/mol. The Labute approximate surface area is 139 Å². The van der Waals surface area contributed by atoms with Crippen LogP contribution in [0.2, 0.25) is 0 Å². The number of rotatable bonds is 4. The third-order valence-corrected chi connectivity index (χ3v) is 3.64. The average molecular weight is 322 g/mol. The first-order valence-electron chi connectivity index (χ1n) is 6.99. The van der Waals surface area contributed by atoms with Crippen LogP contribution in [0.15, 0.2) is 71.8 Å². The van der Waals surface area contributed by atoms with Crippen LogP contribution in [0, 0.1) is 0 Å². The first kappa shape index (κ1) is 15.1. The molecule has 0 radical (unpaired) electrons. The Bertz CT molecular complexity index is 855. The van der Waals surface area contributed by atoms with E-state index in [9.17, 15) is 4.79 Å². The van der Waals surface area contributed by atoms with E-state index in [0.717, 1.165) is 11.3 Å². The number of carboxylic acid groups (broad SMARTS) is 1. The number of thiol groups is 1. The zero-order valence-electron chi connectivity index (χ0n) is 12.1. The summed E-state index contributed by atoms with van der Waals surface area (Å²) in [6, 6.07) is 19.3. The number of nitrogens with zero attached hydrogens (tertiary/aromatic N) is 2. The molecule has 0 aliphatic rings. The maximum absolute atomic E-state index is 11.1. The van der Waals surface area contributed by atoms with Crippen LogP contribution in [-0.2, 0) is 4.79 Å². The molecular formula is C18H14N2O2S. The van der Waals surface area contributed by atoms with Gasteiger partial charge in [-0.3, -0.25) is 0 Å². The summed E-state index contributed by atoms with van der Waals surface area (Å²) in [5.74, 6) is -1.07. The van der Waals surface area contributed by atoms with Crippen LogP contribution in [0.25, 0.3) is 23.0 Å². The second kappa shape index (κ2) is 6.54. The molecule has 1 aromatic heterocycles. The molecule has 0 saturated carbocycles. The van der Waals surface area contributed by atoms with Gasteiger partial charge >= 0.3 is 5.97 Å². The number of hydrogen-bond donors (Lipinski definition) is 2. The summed E-state index contributed by atoms with van der Waals surface area (Å²) in [6.45, 7) is 0. The first-order valence-corrected chi connectivity index (χ1v) is 7.44. The summed E-state index contributed by atoms with van der Waals surface area (Å²) in [5.41, 5.74) is 3.23. The van der Waals surface area contributed by atoms with E-state index in [1.165, 1.54) is 6.08 Å². The van der Waals surface area contributed by atoms with Gasteiger partial charge in [-0.15, -0.1) is 12.6 Å². The van der Waals surface area contributed by atoms with Gasteiger partial charge in [0.25, 0.3) is 0 Å². The Balaban J connectivity index is 2.15. The van der Waals surface area contributed by atoms with E-state index >= 15 is 0 Å². The van der Waals surface area contributed by atoms with Crippen LogP contribution in [0.4, 0.5) is 0 Å². The Morgan fingerprint density at radius 1 is 1.04 bits per heavy atom. The van der Waals surface area contributed by atoms with Gasteiger partial charge in [0, 0.05) is 17.3 Å². The summed E-state index contributed by atoms with van der Waals surface area (Å²) in [7, 11) is 0. The fourth-order valence-corrected chi connectivity index (χ4v) is 2.37. The van der Waals surface area contributed by atoms with Crippen LogP contribution >= 0.6 is 12.6 Å². The highest BCUT2D eigenvalue weighted by Crippen LogP contribution is 2.26. The summed E-state index contributed by atoms with van der Waals surface area (Å²) in [6.07, 6.45) is 3.32. The number of carbonyl (C=O) groups is 1. The van der Waals surface area contributed by atoms with E-state index in [1.54, 1.807) is 10.9 Å². The van der Waals surface area contributed by atoms with Crippen LogP contribution in [0.3, 0.4) is 0 Å². The molecule has 23 heavy (non-hydrogen) atoms. The largest absolute Gasteiger partial charge is 0.477 e. The minimum atomic E-state index is -1.07. The predicted molar refractivity (Wildman–Crippen MR) is 93.6 cm³/mol. The van der Waals surface area contributed by atoms with Crippen molar-refractivity contribution < 1.29 is 9.90 Å². The molecule has 0 saturated heterocycles. The second-order valence-corrected chi connectivity index (χ2v) is 5.40. The smallest absolute Gasteiger partial charge is 0.341 e. The van der Waals surface area contributed by atoms with Crippen molar-refractivity contribution in [3.63, 3.8) is 0 Å². The number of aliphatic carboxylic acids is 1. The first-order chi connectivity index (χ1) is 11.1. The van der Waals surface area contributed by atoms with Gasteiger partial charge in [-0.1, -0.05) is 48.5 Å². The maximum atomic E-state index is 11.1. The predicted octanol–water partition coefficient (Wildman–Crippen LogP) is 3.89. The zero-order valence-corrected chi connectivity index (χ0v) is 13.0. The van der Waals surface area contributed by atoms with E-state index < -0.39 is 5.97 Å². The Kier molecular flexibility index (Phi) is 4.30. The molecule has 0 atom stereocenters. The number of aromatic nitrogens is 2. The van der Waals surface area contributed by atoms with Crippen molar-refractivity contribution in [3.05, 3.63) is 77.3 Å². The van der Waals surface area contributed by atoms with E-state index in [2.05, 4.69) is 17.7 Å². The molecule has 0 amide bonds. The van der Waals surface area contributed by atoms with Gasteiger partial charge < -0.3 is 5.11 Å². The number of carboxylic acids is 1. The molecule has 2 aromatic carbocycles. The summed E-state index contributed by atoms with van der Waals surface area (Å²) < 4.78 is 1.73. The van der Waals surface area contributed by atoms with Crippen molar-refractivity contribution >= 4 is 24.7 Å². The third kappa shape index (κ3) is 3.35. The van der Waals surface area contributed by atoms with E-state index in [1.807, 2.05) is 60.7 Å².